The van der Waals surface area contributed by atoms with Crippen molar-refractivity contribution in [3.8, 4) is 0 Å². The number of rotatable bonds is 4. The third-order valence-electron chi connectivity index (χ3n) is 3.60. The highest BCUT2D eigenvalue weighted by Crippen LogP contribution is 2.18. The van der Waals surface area contributed by atoms with Crippen LogP contribution in [0, 0.1) is 0 Å². The summed E-state index contributed by atoms with van der Waals surface area (Å²) in [6.45, 7) is 3.64. The maximum Gasteiger partial charge on any atom is 0.240 e. The van der Waals surface area contributed by atoms with Gasteiger partial charge in [-0.05, 0) is 19.3 Å². The average molecular weight is 266 g/mol. The molecule has 1 amide bonds. The third-order valence-corrected chi connectivity index (χ3v) is 3.60. The largest absolute Gasteiger partial charge is 0.381 e. The fourth-order valence-corrected chi connectivity index (χ4v) is 2.34. The fraction of sp³-hybridized carbons (Fsp3) is 0.692. The maximum atomic E-state index is 12.2. The Morgan fingerprint density at radius 1 is 1.58 bits per heavy atom. The van der Waals surface area contributed by atoms with Crippen molar-refractivity contribution in [2.24, 2.45) is 12.8 Å². The normalized spacial score (nSPS) is 18.3. The Hall–Kier alpha value is -1.40. The van der Waals surface area contributed by atoms with E-state index in [0.717, 1.165) is 17.7 Å². The molecular weight excluding hydrogens is 244 g/mol. The van der Waals surface area contributed by atoms with Crippen molar-refractivity contribution in [3.05, 3.63) is 17.5 Å². The van der Waals surface area contributed by atoms with Crippen molar-refractivity contribution in [2.75, 3.05) is 13.2 Å². The second-order valence-electron chi connectivity index (χ2n) is 5.08. The molecular formula is C13H22N4O2. The number of aromatic nitrogens is 2. The van der Waals surface area contributed by atoms with Crippen LogP contribution in [0.5, 0.6) is 0 Å². The van der Waals surface area contributed by atoms with E-state index in [1.165, 1.54) is 0 Å². The van der Waals surface area contributed by atoms with Crippen LogP contribution in [-0.4, -0.2) is 34.4 Å². The van der Waals surface area contributed by atoms with E-state index >= 15 is 0 Å². The number of hydrogen-bond donors (Lipinski definition) is 2. The number of carbonyl (C=O) groups is 1. The summed E-state index contributed by atoms with van der Waals surface area (Å²) in [7, 11) is 1.88. The summed E-state index contributed by atoms with van der Waals surface area (Å²) in [6, 6.07) is 0. The second-order valence-corrected chi connectivity index (χ2v) is 5.08. The predicted octanol–water partition coefficient (Wildman–Crippen LogP) is 0.107. The Morgan fingerprint density at radius 2 is 2.26 bits per heavy atom. The first kappa shape index (κ1) is 14.0. The molecule has 3 N–H and O–H groups in total. The molecule has 1 aromatic rings. The molecule has 0 bridgehead atoms. The molecule has 106 valence electrons. The third kappa shape index (κ3) is 3.13. The number of aryl methyl sites for hydroxylation is 2. The van der Waals surface area contributed by atoms with E-state index in [9.17, 15) is 4.79 Å². The van der Waals surface area contributed by atoms with Gasteiger partial charge in [0.2, 0.25) is 5.91 Å². The van der Waals surface area contributed by atoms with Crippen molar-refractivity contribution < 1.29 is 9.53 Å². The first-order valence-electron chi connectivity index (χ1n) is 6.71. The molecule has 0 spiro atoms. The molecule has 2 heterocycles. The van der Waals surface area contributed by atoms with Crippen molar-refractivity contribution in [2.45, 2.75) is 38.3 Å². The maximum absolute atomic E-state index is 12.2. The predicted molar refractivity (Wildman–Crippen MR) is 71.4 cm³/mol. The van der Waals surface area contributed by atoms with Gasteiger partial charge >= 0.3 is 0 Å². The molecule has 2 rings (SSSR count). The molecule has 6 heteroatoms. The average Bonchev–Trinajstić information content (AvgIpc) is 2.77. The van der Waals surface area contributed by atoms with Crippen LogP contribution in [0.4, 0.5) is 0 Å². The molecule has 0 unspecified atom stereocenters. The van der Waals surface area contributed by atoms with Crippen LogP contribution < -0.4 is 11.1 Å². The summed E-state index contributed by atoms with van der Waals surface area (Å²) in [5, 5.41) is 7.28. The van der Waals surface area contributed by atoms with Crippen molar-refractivity contribution in [1.82, 2.24) is 15.1 Å². The SMILES string of the molecule is CCc1nn(C)cc1CNC(=O)C1(N)CCOCC1. The van der Waals surface area contributed by atoms with E-state index in [1.54, 1.807) is 4.68 Å². The molecule has 1 saturated heterocycles. The minimum absolute atomic E-state index is 0.0956. The molecule has 0 radical (unpaired) electrons. The zero-order valence-electron chi connectivity index (χ0n) is 11.6. The van der Waals surface area contributed by atoms with Gasteiger partial charge in [0, 0.05) is 38.6 Å². The van der Waals surface area contributed by atoms with E-state index in [1.807, 2.05) is 13.2 Å². The van der Waals surface area contributed by atoms with Gasteiger partial charge in [0.25, 0.3) is 0 Å². The highest BCUT2D eigenvalue weighted by molar-refractivity contribution is 5.86. The molecule has 0 aromatic carbocycles. The molecule has 0 saturated carbocycles. The van der Waals surface area contributed by atoms with Crippen molar-refractivity contribution >= 4 is 5.91 Å². The number of nitrogens with zero attached hydrogens (tertiary/aromatic N) is 2. The topological polar surface area (TPSA) is 82.2 Å². The highest BCUT2D eigenvalue weighted by atomic mass is 16.5. The molecule has 0 aliphatic carbocycles. The Bertz CT molecular complexity index is 449. The lowest BCUT2D eigenvalue weighted by Gasteiger charge is -2.31. The molecule has 1 aromatic heterocycles. The lowest BCUT2D eigenvalue weighted by molar-refractivity contribution is -0.129. The Kier molecular flexibility index (Phi) is 4.21. The monoisotopic (exact) mass is 266 g/mol. The lowest BCUT2D eigenvalue weighted by Crippen LogP contribution is -2.56. The first-order valence-corrected chi connectivity index (χ1v) is 6.71. The zero-order valence-corrected chi connectivity index (χ0v) is 11.6. The molecule has 1 fully saturated rings. The summed E-state index contributed by atoms with van der Waals surface area (Å²) in [5.41, 5.74) is 7.41. The number of nitrogens with two attached hydrogens (primary N) is 1. The van der Waals surface area contributed by atoms with Gasteiger partial charge in [-0.1, -0.05) is 6.92 Å². The van der Waals surface area contributed by atoms with Crippen LogP contribution in [0.2, 0.25) is 0 Å². The van der Waals surface area contributed by atoms with Gasteiger partial charge in [-0.15, -0.1) is 0 Å². The lowest BCUT2D eigenvalue weighted by atomic mass is 9.90. The van der Waals surface area contributed by atoms with Crippen LogP contribution in [0.25, 0.3) is 0 Å². The minimum atomic E-state index is -0.785. The van der Waals surface area contributed by atoms with Gasteiger partial charge in [0.05, 0.1) is 11.2 Å². The van der Waals surface area contributed by atoms with Gasteiger partial charge < -0.3 is 15.8 Å². The van der Waals surface area contributed by atoms with E-state index in [2.05, 4.69) is 17.3 Å². The number of amides is 1. The quantitative estimate of drug-likeness (QED) is 0.810. The summed E-state index contributed by atoms with van der Waals surface area (Å²) in [6.07, 6.45) is 3.94. The second kappa shape index (κ2) is 5.71. The molecule has 19 heavy (non-hydrogen) atoms. The van der Waals surface area contributed by atoms with E-state index in [4.69, 9.17) is 10.5 Å². The smallest absolute Gasteiger partial charge is 0.240 e. The van der Waals surface area contributed by atoms with E-state index in [0.29, 0.717) is 32.6 Å². The van der Waals surface area contributed by atoms with Crippen LogP contribution in [0.3, 0.4) is 0 Å². The standard InChI is InChI=1S/C13H22N4O2/c1-3-11-10(9-17(2)16-11)8-15-12(18)13(14)4-6-19-7-5-13/h9H,3-8,14H2,1-2H3,(H,15,18). The van der Waals surface area contributed by atoms with Crippen LogP contribution in [0.15, 0.2) is 6.20 Å². The Balaban J connectivity index is 1.96. The van der Waals surface area contributed by atoms with Crippen molar-refractivity contribution in [1.29, 1.82) is 0 Å². The summed E-state index contributed by atoms with van der Waals surface area (Å²) < 4.78 is 7.02. The van der Waals surface area contributed by atoms with Crippen LogP contribution in [-0.2, 0) is 29.5 Å². The van der Waals surface area contributed by atoms with Crippen LogP contribution >= 0.6 is 0 Å². The summed E-state index contributed by atoms with van der Waals surface area (Å²) in [5.74, 6) is -0.0956. The summed E-state index contributed by atoms with van der Waals surface area (Å²) in [4.78, 5) is 12.2. The Labute approximate surface area is 113 Å². The van der Waals surface area contributed by atoms with Crippen molar-refractivity contribution in [3.63, 3.8) is 0 Å². The fourth-order valence-electron chi connectivity index (χ4n) is 2.34. The highest BCUT2D eigenvalue weighted by Gasteiger charge is 2.35. The van der Waals surface area contributed by atoms with Gasteiger partial charge in [-0.25, -0.2) is 0 Å². The van der Waals surface area contributed by atoms with Crippen LogP contribution in [0.1, 0.15) is 31.0 Å². The van der Waals surface area contributed by atoms with E-state index < -0.39 is 5.54 Å². The Morgan fingerprint density at radius 3 is 2.89 bits per heavy atom. The van der Waals surface area contributed by atoms with Gasteiger partial charge in [0.1, 0.15) is 0 Å². The van der Waals surface area contributed by atoms with E-state index in [-0.39, 0.29) is 5.91 Å². The van der Waals surface area contributed by atoms with Gasteiger partial charge in [-0.3, -0.25) is 9.48 Å². The summed E-state index contributed by atoms with van der Waals surface area (Å²) >= 11 is 0. The number of ether oxygens (including phenoxy) is 1. The number of nitrogens with one attached hydrogen (secondary N) is 1. The van der Waals surface area contributed by atoms with Gasteiger partial charge in [-0.2, -0.15) is 5.10 Å². The molecule has 1 aliphatic rings. The molecule has 1 aliphatic heterocycles. The zero-order chi connectivity index (χ0) is 13.9. The molecule has 0 atom stereocenters. The van der Waals surface area contributed by atoms with Gasteiger partial charge in [0.15, 0.2) is 0 Å². The first-order chi connectivity index (χ1) is 9.05. The number of carbonyl (C=O) groups excluding carboxylic acids is 1. The minimum Gasteiger partial charge on any atom is -0.381 e. The molecule has 6 nitrogen and oxygen atoms in total. The number of hydrogen-bond acceptors (Lipinski definition) is 4.